The minimum Gasteiger partial charge on any atom is -0.481 e. The Bertz CT molecular complexity index is 835. The van der Waals surface area contributed by atoms with Crippen molar-refractivity contribution >= 4 is 9.84 Å². The molecule has 25 heavy (non-hydrogen) atoms. The van der Waals surface area contributed by atoms with Crippen LogP contribution >= 0.6 is 0 Å². The summed E-state index contributed by atoms with van der Waals surface area (Å²) >= 11 is 0. The summed E-state index contributed by atoms with van der Waals surface area (Å²) in [7, 11) is -2.15. The molecule has 0 atom stereocenters. The van der Waals surface area contributed by atoms with Gasteiger partial charge in [-0.3, -0.25) is 0 Å². The van der Waals surface area contributed by atoms with Crippen molar-refractivity contribution in [2.75, 3.05) is 13.4 Å². The van der Waals surface area contributed by atoms with E-state index in [1.54, 1.807) is 0 Å². The van der Waals surface area contributed by atoms with E-state index in [9.17, 15) is 8.42 Å². The van der Waals surface area contributed by atoms with Gasteiger partial charge in [0.05, 0.1) is 13.2 Å². The molecule has 1 aromatic heterocycles. The van der Waals surface area contributed by atoms with Gasteiger partial charge in [0.25, 0.3) is 5.16 Å². The molecule has 0 spiro atoms. The van der Waals surface area contributed by atoms with E-state index in [0.29, 0.717) is 5.75 Å². The average molecular weight is 364 g/mol. The van der Waals surface area contributed by atoms with Crippen LogP contribution in [0.5, 0.6) is 17.5 Å². The van der Waals surface area contributed by atoms with Gasteiger partial charge >= 0.3 is 0 Å². The fraction of sp³-hybridized carbons (Fsp3) is 0.444. The highest BCUT2D eigenvalue weighted by molar-refractivity contribution is 7.90. The third-order valence-electron chi connectivity index (χ3n) is 3.60. The number of hydrogen-bond donors (Lipinski definition) is 0. The van der Waals surface area contributed by atoms with Crippen molar-refractivity contribution in [2.24, 2.45) is 0 Å². The van der Waals surface area contributed by atoms with Gasteiger partial charge in [0, 0.05) is 6.26 Å². The number of aryl methyl sites for hydroxylation is 2. The van der Waals surface area contributed by atoms with Gasteiger partial charge in [-0.25, -0.2) is 8.42 Å². The van der Waals surface area contributed by atoms with Crippen molar-refractivity contribution in [3.05, 3.63) is 35.4 Å². The maximum absolute atomic E-state index is 11.7. The summed E-state index contributed by atoms with van der Waals surface area (Å²) in [6.45, 7) is 4.17. The number of aromatic nitrogens is 2. The van der Waals surface area contributed by atoms with E-state index >= 15 is 0 Å². The molecule has 0 unspecified atom stereocenters. The Morgan fingerprint density at radius 3 is 2.40 bits per heavy atom. The van der Waals surface area contributed by atoms with Crippen LogP contribution in [0.4, 0.5) is 0 Å². The van der Waals surface area contributed by atoms with Crippen molar-refractivity contribution in [1.29, 1.82) is 0 Å². The summed E-state index contributed by atoms with van der Waals surface area (Å²) in [5.74, 6) is 0.894. The number of methoxy groups -OCH3 is 1. The monoisotopic (exact) mass is 364 g/mol. The van der Waals surface area contributed by atoms with Crippen LogP contribution in [0.1, 0.15) is 37.3 Å². The zero-order valence-corrected chi connectivity index (χ0v) is 15.9. The van der Waals surface area contributed by atoms with Crippen LogP contribution in [0.15, 0.2) is 29.4 Å². The van der Waals surface area contributed by atoms with Crippen LogP contribution < -0.4 is 9.47 Å². The molecule has 0 aliphatic rings. The number of hydrogen-bond acceptors (Lipinski definition) is 6. The van der Waals surface area contributed by atoms with Crippen molar-refractivity contribution in [3.8, 4) is 17.5 Å². The van der Waals surface area contributed by atoms with Crippen LogP contribution in [0.25, 0.3) is 0 Å². The predicted molar refractivity (Wildman–Crippen MR) is 96.2 cm³/mol. The zero-order chi connectivity index (χ0) is 18.4. The Balaban J connectivity index is 2.29. The van der Waals surface area contributed by atoms with Gasteiger partial charge < -0.3 is 9.47 Å². The first-order chi connectivity index (χ1) is 11.8. The van der Waals surface area contributed by atoms with Crippen molar-refractivity contribution in [2.45, 2.75) is 44.7 Å². The third kappa shape index (κ3) is 5.70. The fourth-order valence-corrected chi connectivity index (χ4v) is 2.95. The quantitative estimate of drug-likeness (QED) is 0.525. The van der Waals surface area contributed by atoms with Crippen molar-refractivity contribution < 1.29 is 17.9 Å². The van der Waals surface area contributed by atoms with Crippen LogP contribution in [-0.4, -0.2) is 31.8 Å². The number of rotatable bonds is 8. The lowest BCUT2D eigenvalue weighted by molar-refractivity contribution is 0.379. The van der Waals surface area contributed by atoms with E-state index in [1.807, 2.05) is 19.1 Å². The number of nitrogens with zero attached hydrogens (tertiary/aromatic N) is 2. The van der Waals surface area contributed by atoms with Crippen LogP contribution in [-0.2, 0) is 16.3 Å². The predicted octanol–water partition coefficient (Wildman–Crippen LogP) is 3.72. The van der Waals surface area contributed by atoms with Gasteiger partial charge in [0.15, 0.2) is 0 Å². The summed E-state index contributed by atoms with van der Waals surface area (Å²) in [6.07, 6.45) is 5.51. The van der Waals surface area contributed by atoms with E-state index in [2.05, 4.69) is 23.0 Å². The highest BCUT2D eigenvalue weighted by Gasteiger charge is 2.16. The van der Waals surface area contributed by atoms with E-state index in [1.165, 1.54) is 31.6 Å². The van der Waals surface area contributed by atoms with Gasteiger partial charge in [0.2, 0.25) is 21.6 Å². The smallest absolute Gasteiger partial charge is 0.253 e. The van der Waals surface area contributed by atoms with Crippen LogP contribution in [0.3, 0.4) is 0 Å². The molecule has 0 saturated carbocycles. The van der Waals surface area contributed by atoms with Crippen molar-refractivity contribution in [1.82, 2.24) is 9.97 Å². The molecule has 136 valence electrons. The molecule has 0 amide bonds. The molecule has 2 aromatic rings. The minimum atomic E-state index is -3.56. The molecule has 2 rings (SSSR count). The van der Waals surface area contributed by atoms with Gasteiger partial charge in [-0.15, -0.1) is 0 Å². The second kappa shape index (κ2) is 8.29. The lowest BCUT2D eigenvalue weighted by Gasteiger charge is -2.10. The van der Waals surface area contributed by atoms with Crippen LogP contribution in [0, 0.1) is 6.92 Å². The Morgan fingerprint density at radius 1 is 1.04 bits per heavy atom. The topological polar surface area (TPSA) is 78.4 Å². The molecule has 1 heterocycles. The second-order valence-electron chi connectivity index (χ2n) is 6.02. The molecule has 0 N–H and O–H groups in total. The summed E-state index contributed by atoms with van der Waals surface area (Å²) in [5.41, 5.74) is 2.26. The van der Waals surface area contributed by atoms with Crippen molar-refractivity contribution in [3.63, 3.8) is 0 Å². The molecule has 6 nitrogen and oxygen atoms in total. The molecule has 0 aliphatic carbocycles. The highest BCUT2D eigenvalue weighted by atomic mass is 32.2. The van der Waals surface area contributed by atoms with E-state index in [0.717, 1.165) is 24.7 Å². The molecule has 0 radical (unpaired) electrons. The minimum absolute atomic E-state index is 0.136. The summed E-state index contributed by atoms with van der Waals surface area (Å²) in [4.78, 5) is 7.83. The number of sulfone groups is 1. The summed E-state index contributed by atoms with van der Waals surface area (Å²) in [5, 5.41) is -0.322. The maximum atomic E-state index is 11.7. The lowest BCUT2D eigenvalue weighted by Crippen LogP contribution is -2.06. The van der Waals surface area contributed by atoms with Gasteiger partial charge in [-0.1, -0.05) is 25.8 Å². The molecular weight excluding hydrogens is 340 g/mol. The SMILES string of the molecule is CCCCCc1cc(C)cc(Oc2cc(OC)nc(S(C)(=O)=O)n2)c1. The van der Waals surface area contributed by atoms with Crippen LogP contribution in [0.2, 0.25) is 0 Å². The molecule has 0 bridgehead atoms. The Labute approximate surface area is 149 Å². The number of ether oxygens (including phenoxy) is 2. The van der Waals surface area contributed by atoms with Gasteiger partial charge in [-0.05, 0) is 43.0 Å². The highest BCUT2D eigenvalue weighted by Crippen LogP contribution is 2.26. The Kier molecular flexibility index (Phi) is 6.36. The standard InChI is InChI=1S/C18H24N2O4S/c1-5-6-7-8-14-9-13(2)10-15(11-14)24-17-12-16(23-3)19-18(20-17)25(4,21)22/h9-12H,5-8H2,1-4H3. The van der Waals surface area contributed by atoms with Gasteiger partial charge in [0.1, 0.15) is 5.75 Å². The zero-order valence-electron chi connectivity index (χ0n) is 15.1. The molecule has 1 aromatic carbocycles. The van der Waals surface area contributed by atoms with Gasteiger partial charge in [-0.2, -0.15) is 9.97 Å². The molecular formula is C18H24N2O4S. The fourth-order valence-electron chi connectivity index (χ4n) is 2.43. The average Bonchev–Trinajstić information content (AvgIpc) is 2.53. The first kappa shape index (κ1) is 19.2. The number of benzene rings is 1. The molecule has 0 saturated heterocycles. The Hall–Kier alpha value is -2.15. The first-order valence-electron chi connectivity index (χ1n) is 8.23. The Morgan fingerprint density at radius 2 is 1.76 bits per heavy atom. The third-order valence-corrected chi connectivity index (χ3v) is 4.45. The second-order valence-corrected chi connectivity index (χ2v) is 7.93. The molecule has 7 heteroatoms. The summed E-state index contributed by atoms with van der Waals surface area (Å²) in [6, 6.07) is 7.44. The van der Waals surface area contributed by atoms with E-state index < -0.39 is 9.84 Å². The first-order valence-corrected chi connectivity index (χ1v) is 10.1. The maximum Gasteiger partial charge on any atom is 0.253 e. The van der Waals surface area contributed by atoms with E-state index in [4.69, 9.17) is 9.47 Å². The normalized spacial score (nSPS) is 11.4. The van der Waals surface area contributed by atoms with E-state index in [-0.39, 0.29) is 16.9 Å². The summed E-state index contributed by atoms with van der Waals surface area (Å²) < 4.78 is 34.3. The largest absolute Gasteiger partial charge is 0.481 e. The number of unbranched alkanes of at least 4 members (excludes halogenated alkanes) is 2. The molecule has 0 fully saturated rings. The lowest BCUT2D eigenvalue weighted by atomic mass is 10.0. The molecule has 0 aliphatic heterocycles.